The number of fused-ring (bicyclic) bond motifs is 1. The van der Waals surface area contributed by atoms with Gasteiger partial charge in [0.15, 0.2) is 17.6 Å². The van der Waals surface area contributed by atoms with E-state index in [0.717, 1.165) is 29.0 Å². The molecule has 0 spiro atoms. The summed E-state index contributed by atoms with van der Waals surface area (Å²) in [5.74, 6) is 1.25. The van der Waals surface area contributed by atoms with E-state index in [-0.39, 0.29) is 18.1 Å². The summed E-state index contributed by atoms with van der Waals surface area (Å²) in [6.45, 7) is 3.22. The van der Waals surface area contributed by atoms with Crippen molar-refractivity contribution >= 4 is 11.6 Å². The number of hydrogen-bond acceptors (Lipinski definition) is 5. The molecule has 27 heavy (non-hydrogen) atoms. The lowest BCUT2D eigenvalue weighted by Crippen LogP contribution is -2.32. The number of carbonyl (C=O) groups is 1. The molecule has 0 radical (unpaired) electrons. The molecular weight excluding hydrogens is 344 g/mol. The summed E-state index contributed by atoms with van der Waals surface area (Å²) in [5, 5.41) is 6.97. The predicted octanol–water partition coefficient (Wildman–Crippen LogP) is 3.54. The maximum Gasteiger partial charge on any atom is 0.269 e. The van der Waals surface area contributed by atoms with E-state index in [1.807, 2.05) is 55.5 Å². The van der Waals surface area contributed by atoms with Crippen LogP contribution in [0.1, 0.15) is 43.0 Å². The van der Waals surface area contributed by atoms with E-state index in [1.54, 1.807) is 0 Å². The summed E-state index contributed by atoms with van der Waals surface area (Å²) in [7, 11) is 0. The fraction of sp³-hybridized carbons (Fsp3) is 0.333. The Balaban J connectivity index is 1.39. The molecule has 1 N–H and O–H groups in total. The number of oxime groups is 1. The largest absolute Gasteiger partial charge is 0.490 e. The van der Waals surface area contributed by atoms with E-state index in [4.69, 9.17) is 14.3 Å². The summed E-state index contributed by atoms with van der Waals surface area (Å²) in [6.07, 6.45) is 1.11. The summed E-state index contributed by atoms with van der Waals surface area (Å²) in [4.78, 5) is 18.0. The van der Waals surface area contributed by atoms with Crippen molar-refractivity contribution in [1.82, 2.24) is 5.32 Å². The minimum Gasteiger partial charge on any atom is -0.490 e. The minimum absolute atomic E-state index is 0.187. The molecule has 0 saturated heterocycles. The van der Waals surface area contributed by atoms with E-state index in [0.29, 0.717) is 25.3 Å². The molecule has 2 unspecified atom stereocenters. The summed E-state index contributed by atoms with van der Waals surface area (Å²) >= 11 is 0. The van der Waals surface area contributed by atoms with Gasteiger partial charge >= 0.3 is 0 Å². The predicted molar refractivity (Wildman–Crippen MR) is 101 cm³/mol. The molecule has 0 aliphatic carbocycles. The zero-order chi connectivity index (χ0) is 18.6. The lowest BCUT2D eigenvalue weighted by atomic mass is 10.0. The van der Waals surface area contributed by atoms with E-state index in [9.17, 15) is 4.79 Å². The molecule has 2 heterocycles. The van der Waals surface area contributed by atoms with Crippen molar-refractivity contribution in [1.29, 1.82) is 0 Å². The molecular formula is C21H22N2O4. The lowest BCUT2D eigenvalue weighted by molar-refractivity contribution is -0.115. The van der Waals surface area contributed by atoms with Gasteiger partial charge < -0.3 is 19.6 Å². The third kappa shape index (κ3) is 3.89. The number of rotatable bonds is 4. The Morgan fingerprint density at radius 3 is 2.70 bits per heavy atom. The van der Waals surface area contributed by atoms with Crippen molar-refractivity contribution < 1.29 is 19.1 Å². The second-order valence-electron chi connectivity index (χ2n) is 6.70. The first-order valence-electron chi connectivity index (χ1n) is 9.19. The Hall–Kier alpha value is -3.02. The Morgan fingerprint density at radius 1 is 1.11 bits per heavy atom. The van der Waals surface area contributed by atoms with Crippen LogP contribution in [-0.4, -0.2) is 24.8 Å². The van der Waals surface area contributed by atoms with Crippen LogP contribution in [0, 0.1) is 0 Å². The van der Waals surface area contributed by atoms with Gasteiger partial charge in [0, 0.05) is 12.8 Å². The molecule has 0 aromatic heterocycles. The standard InChI is InChI=1S/C21H22N2O4/c1-14(16-8-9-18-20(12-16)26-11-5-10-25-18)22-21(24)17-13-19(27-23-17)15-6-3-2-4-7-15/h2-4,6-9,12,14,19H,5,10-11,13H2,1H3,(H,22,24). The number of carbonyl (C=O) groups excluding carboxylic acids is 1. The van der Waals surface area contributed by atoms with Crippen LogP contribution in [0.15, 0.2) is 53.7 Å². The molecule has 0 fully saturated rings. The van der Waals surface area contributed by atoms with E-state index in [1.165, 1.54) is 0 Å². The summed E-state index contributed by atoms with van der Waals surface area (Å²) in [6, 6.07) is 15.4. The van der Waals surface area contributed by atoms with Crippen molar-refractivity contribution in [3.8, 4) is 11.5 Å². The summed E-state index contributed by atoms with van der Waals surface area (Å²) in [5.41, 5.74) is 2.37. The quantitative estimate of drug-likeness (QED) is 0.899. The topological polar surface area (TPSA) is 69.2 Å². The third-order valence-corrected chi connectivity index (χ3v) is 4.72. The van der Waals surface area contributed by atoms with E-state index in [2.05, 4.69) is 10.5 Å². The van der Waals surface area contributed by atoms with Gasteiger partial charge in [-0.05, 0) is 30.2 Å². The van der Waals surface area contributed by atoms with Crippen molar-refractivity contribution in [3.63, 3.8) is 0 Å². The third-order valence-electron chi connectivity index (χ3n) is 4.72. The molecule has 6 heteroatoms. The number of amides is 1. The Bertz CT molecular complexity index is 851. The van der Waals surface area contributed by atoms with Gasteiger partial charge in [0.05, 0.1) is 19.3 Å². The molecule has 140 valence electrons. The number of nitrogens with zero attached hydrogens (tertiary/aromatic N) is 1. The van der Waals surface area contributed by atoms with Crippen LogP contribution < -0.4 is 14.8 Å². The number of hydrogen-bond donors (Lipinski definition) is 1. The van der Waals surface area contributed by atoms with Gasteiger partial charge in [0.2, 0.25) is 0 Å². The fourth-order valence-corrected chi connectivity index (χ4v) is 3.17. The van der Waals surface area contributed by atoms with Gasteiger partial charge in [-0.25, -0.2) is 0 Å². The maximum absolute atomic E-state index is 12.6. The summed E-state index contributed by atoms with van der Waals surface area (Å²) < 4.78 is 11.4. The molecule has 2 atom stereocenters. The molecule has 6 nitrogen and oxygen atoms in total. The van der Waals surface area contributed by atoms with Crippen LogP contribution in [0.2, 0.25) is 0 Å². The molecule has 0 saturated carbocycles. The van der Waals surface area contributed by atoms with Gasteiger partial charge in [0.25, 0.3) is 5.91 Å². The second kappa shape index (κ2) is 7.70. The second-order valence-corrected chi connectivity index (χ2v) is 6.70. The van der Waals surface area contributed by atoms with Gasteiger partial charge in [-0.1, -0.05) is 41.6 Å². The first-order valence-corrected chi connectivity index (χ1v) is 9.19. The molecule has 0 bridgehead atoms. The van der Waals surface area contributed by atoms with Crippen molar-refractivity contribution in [2.24, 2.45) is 5.16 Å². The van der Waals surface area contributed by atoms with Crippen LogP contribution in [0.4, 0.5) is 0 Å². The Morgan fingerprint density at radius 2 is 1.89 bits per heavy atom. The van der Waals surface area contributed by atoms with Gasteiger partial charge in [-0.15, -0.1) is 0 Å². The van der Waals surface area contributed by atoms with E-state index < -0.39 is 0 Å². The van der Waals surface area contributed by atoms with E-state index >= 15 is 0 Å². The first-order chi connectivity index (χ1) is 13.2. The first kappa shape index (κ1) is 17.4. The number of nitrogens with one attached hydrogen (secondary N) is 1. The van der Waals surface area contributed by atoms with Crippen LogP contribution >= 0.6 is 0 Å². The number of benzene rings is 2. The molecule has 1 amide bonds. The smallest absolute Gasteiger partial charge is 0.269 e. The molecule has 4 rings (SSSR count). The minimum atomic E-state index is -0.215. The average Bonchev–Trinajstić information content (AvgIpc) is 3.08. The van der Waals surface area contributed by atoms with Gasteiger partial charge in [0.1, 0.15) is 5.71 Å². The highest BCUT2D eigenvalue weighted by molar-refractivity contribution is 6.39. The highest BCUT2D eigenvalue weighted by atomic mass is 16.6. The monoisotopic (exact) mass is 366 g/mol. The highest BCUT2D eigenvalue weighted by Gasteiger charge is 2.28. The van der Waals surface area contributed by atoms with Crippen molar-refractivity contribution in [2.45, 2.75) is 31.9 Å². The van der Waals surface area contributed by atoms with Crippen molar-refractivity contribution in [3.05, 3.63) is 59.7 Å². The lowest BCUT2D eigenvalue weighted by Gasteiger charge is -2.16. The van der Waals surface area contributed by atoms with Gasteiger partial charge in [-0.2, -0.15) is 0 Å². The molecule has 2 aliphatic rings. The van der Waals surface area contributed by atoms with Crippen LogP contribution in [0.5, 0.6) is 11.5 Å². The number of ether oxygens (including phenoxy) is 2. The van der Waals surface area contributed by atoms with Crippen LogP contribution in [-0.2, 0) is 9.63 Å². The fourth-order valence-electron chi connectivity index (χ4n) is 3.17. The SMILES string of the molecule is CC(NC(=O)C1=NOC(c2ccccc2)C1)c1ccc2c(c1)OCCCO2. The molecule has 2 aromatic carbocycles. The Labute approximate surface area is 158 Å². The van der Waals surface area contributed by atoms with Gasteiger partial charge in [-0.3, -0.25) is 4.79 Å². The van der Waals surface area contributed by atoms with Crippen molar-refractivity contribution in [2.75, 3.05) is 13.2 Å². The average molecular weight is 366 g/mol. The molecule has 2 aliphatic heterocycles. The van der Waals surface area contributed by atoms with Crippen LogP contribution in [0.3, 0.4) is 0 Å². The Kier molecular flexibility index (Phi) is 4.96. The maximum atomic E-state index is 12.6. The highest BCUT2D eigenvalue weighted by Crippen LogP contribution is 2.32. The zero-order valence-corrected chi connectivity index (χ0v) is 15.2. The normalized spacial score (nSPS) is 19.4. The zero-order valence-electron chi connectivity index (χ0n) is 15.2. The van der Waals surface area contributed by atoms with Crippen LogP contribution in [0.25, 0.3) is 0 Å². The molecule has 2 aromatic rings.